The van der Waals surface area contributed by atoms with Crippen molar-refractivity contribution in [3.63, 3.8) is 0 Å². The summed E-state index contributed by atoms with van der Waals surface area (Å²) < 4.78 is 7.24. The van der Waals surface area contributed by atoms with Crippen LogP contribution in [0.15, 0.2) is 49.4 Å². The molecule has 0 saturated heterocycles. The van der Waals surface area contributed by atoms with Crippen molar-refractivity contribution in [2.24, 2.45) is 0 Å². The summed E-state index contributed by atoms with van der Waals surface area (Å²) in [6.07, 6.45) is 5.93. The van der Waals surface area contributed by atoms with Crippen molar-refractivity contribution in [3.05, 3.63) is 54.5 Å². The smallest absolute Gasteiger partial charge is 0.241 e. The van der Waals surface area contributed by atoms with Gasteiger partial charge in [-0.25, -0.2) is 19.6 Å². The minimum Gasteiger partial charge on any atom is -0.437 e. The van der Waals surface area contributed by atoms with Gasteiger partial charge in [0.2, 0.25) is 5.88 Å². The third-order valence-electron chi connectivity index (χ3n) is 2.35. The average molecular weight is 274 g/mol. The predicted octanol–water partition coefficient (Wildman–Crippen LogP) is 2.50. The summed E-state index contributed by atoms with van der Waals surface area (Å²) in [7, 11) is 0. The highest BCUT2D eigenvalue weighted by atomic mass is 35.5. The molecule has 0 bridgehead atoms. The first-order valence-electron chi connectivity index (χ1n) is 5.41. The number of rotatable bonds is 3. The van der Waals surface area contributed by atoms with Gasteiger partial charge in [-0.3, -0.25) is 0 Å². The number of nitrogens with zero attached hydrogens (tertiary/aromatic N) is 5. The van der Waals surface area contributed by atoms with Gasteiger partial charge in [0.05, 0.1) is 11.9 Å². The third kappa shape index (κ3) is 2.53. The average Bonchev–Trinajstić information content (AvgIpc) is 2.96. The molecule has 94 valence electrons. The molecule has 3 rings (SSSR count). The van der Waals surface area contributed by atoms with Crippen LogP contribution < -0.4 is 4.74 Å². The van der Waals surface area contributed by atoms with Crippen LogP contribution in [0, 0.1) is 0 Å². The van der Waals surface area contributed by atoms with Crippen LogP contribution in [-0.4, -0.2) is 24.7 Å². The lowest BCUT2D eigenvalue weighted by atomic mass is 10.3. The summed E-state index contributed by atoms with van der Waals surface area (Å²) in [5.74, 6) is 0.918. The Bertz CT molecular complexity index is 686. The van der Waals surface area contributed by atoms with E-state index in [1.54, 1.807) is 17.1 Å². The van der Waals surface area contributed by atoms with Crippen LogP contribution in [0.25, 0.3) is 5.69 Å². The topological polar surface area (TPSA) is 65.7 Å². The number of halogens is 1. The van der Waals surface area contributed by atoms with Gasteiger partial charge in [0.15, 0.2) is 0 Å². The van der Waals surface area contributed by atoms with E-state index in [2.05, 4.69) is 20.1 Å². The second-order valence-corrected chi connectivity index (χ2v) is 4.02. The van der Waals surface area contributed by atoms with Gasteiger partial charge < -0.3 is 4.74 Å². The van der Waals surface area contributed by atoms with Crippen molar-refractivity contribution in [2.75, 3.05) is 0 Å². The largest absolute Gasteiger partial charge is 0.437 e. The summed E-state index contributed by atoms with van der Waals surface area (Å²) in [5.41, 5.74) is 0.833. The van der Waals surface area contributed by atoms with Gasteiger partial charge in [-0.1, -0.05) is 17.7 Å². The van der Waals surface area contributed by atoms with Crippen molar-refractivity contribution < 1.29 is 4.74 Å². The first-order chi connectivity index (χ1) is 9.33. The van der Waals surface area contributed by atoms with Crippen molar-refractivity contribution in [2.45, 2.75) is 0 Å². The van der Waals surface area contributed by atoms with E-state index in [0.29, 0.717) is 16.7 Å². The number of benzene rings is 1. The number of ether oxygens (including phenoxy) is 1. The van der Waals surface area contributed by atoms with Gasteiger partial charge in [-0.15, -0.1) is 0 Å². The molecule has 19 heavy (non-hydrogen) atoms. The number of hydrogen-bond acceptors (Lipinski definition) is 5. The van der Waals surface area contributed by atoms with Gasteiger partial charge in [-0.05, 0) is 12.1 Å². The molecular formula is C12H8ClN5O. The van der Waals surface area contributed by atoms with Gasteiger partial charge in [0, 0.05) is 6.07 Å². The quantitative estimate of drug-likeness (QED) is 0.733. The highest BCUT2D eigenvalue weighted by molar-refractivity contribution is 6.31. The van der Waals surface area contributed by atoms with E-state index in [-0.39, 0.29) is 0 Å². The van der Waals surface area contributed by atoms with E-state index in [4.69, 9.17) is 16.3 Å². The maximum absolute atomic E-state index is 5.94. The molecule has 0 fully saturated rings. The number of aromatic nitrogens is 5. The lowest BCUT2D eigenvalue weighted by molar-refractivity contribution is 0.461. The normalized spacial score (nSPS) is 10.4. The summed E-state index contributed by atoms with van der Waals surface area (Å²) in [4.78, 5) is 11.7. The molecule has 7 heteroatoms. The Balaban J connectivity index is 1.90. The van der Waals surface area contributed by atoms with Crippen molar-refractivity contribution in [1.29, 1.82) is 0 Å². The van der Waals surface area contributed by atoms with Crippen molar-refractivity contribution in [1.82, 2.24) is 24.7 Å². The lowest BCUT2D eigenvalue weighted by Crippen LogP contribution is -1.95. The van der Waals surface area contributed by atoms with Crippen molar-refractivity contribution in [3.8, 4) is 17.3 Å². The Morgan fingerprint density at radius 2 is 2.11 bits per heavy atom. The highest BCUT2D eigenvalue weighted by Crippen LogP contribution is 2.26. The Morgan fingerprint density at radius 3 is 2.89 bits per heavy atom. The van der Waals surface area contributed by atoms with Gasteiger partial charge >= 0.3 is 0 Å². The molecule has 0 aliphatic heterocycles. The minimum absolute atomic E-state index is 0.312. The van der Waals surface area contributed by atoms with Gasteiger partial charge in [0.25, 0.3) is 0 Å². The Morgan fingerprint density at radius 1 is 1.16 bits per heavy atom. The minimum atomic E-state index is 0.312. The zero-order valence-corrected chi connectivity index (χ0v) is 10.4. The maximum atomic E-state index is 5.94. The number of hydrogen-bond donors (Lipinski definition) is 0. The summed E-state index contributed by atoms with van der Waals surface area (Å²) in [6, 6.07) is 7.36. The van der Waals surface area contributed by atoms with Crippen LogP contribution >= 0.6 is 11.6 Å². The van der Waals surface area contributed by atoms with Crippen LogP contribution in [0.2, 0.25) is 5.02 Å². The highest BCUT2D eigenvalue weighted by Gasteiger charge is 2.05. The fourth-order valence-corrected chi connectivity index (χ4v) is 1.66. The molecule has 2 aromatic heterocycles. The summed E-state index contributed by atoms with van der Waals surface area (Å²) >= 11 is 5.94. The van der Waals surface area contributed by atoms with E-state index in [1.807, 2.05) is 18.2 Å². The molecule has 3 aromatic rings. The van der Waals surface area contributed by atoms with Gasteiger partial charge in [-0.2, -0.15) is 5.10 Å². The van der Waals surface area contributed by atoms with Crippen LogP contribution in [0.5, 0.6) is 11.6 Å². The van der Waals surface area contributed by atoms with E-state index in [0.717, 1.165) is 5.69 Å². The second kappa shape index (κ2) is 5.03. The predicted molar refractivity (Wildman–Crippen MR) is 68.5 cm³/mol. The second-order valence-electron chi connectivity index (χ2n) is 3.62. The fraction of sp³-hybridized carbons (Fsp3) is 0. The molecule has 0 amide bonds. The maximum Gasteiger partial charge on any atom is 0.241 e. The lowest BCUT2D eigenvalue weighted by Gasteiger charge is -2.07. The van der Waals surface area contributed by atoms with E-state index in [1.165, 1.54) is 18.9 Å². The Hall–Kier alpha value is -2.47. The van der Waals surface area contributed by atoms with Crippen molar-refractivity contribution >= 4 is 11.6 Å². The first kappa shape index (κ1) is 11.6. The molecule has 0 unspecified atom stereocenters. The SMILES string of the molecule is Clc1cncnc1Oc1cccc(-n2cncn2)c1. The van der Waals surface area contributed by atoms with Crippen LogP contribution in [0.4, 0.5) is 0 Å². The standard InChI is InChI=1S/C12H8ClN5O/c13-11-5-14-6-16-12(11)19-10-3-1-2-9(4-10)18-8-15-7-17-18/h1-8H. The molecule has 0 spiro atoms. The Labute approximate surface area is 113 Å². The summed E-state index contributed by atoms with van der Waals surface area (Å²) in [5, 5.41) is 4.41. The fourth-order valence-electron chi connectivity index (χ4n) is 1.52. The summed E-state index contributed by atoms with van der Waals surface area (Å²) in [6.45, 7) is 0. The molecule has 2 heterocycles. The zero-order valence-electron chi connectivity index (χ0n) is 9.64. The van der Waals surface area contributed by atoms with Crippen LogP contribution in [-0.2, 0) is 0 Å². The molecule has 1 aromatic carbocycles. The van der Waals surface area contributed by atoms with E-state index in [9.17, 15) is 0 Å². The van der Waals surface area contributed by atoms with Crippen LogP contribution in [0.3, 0.4) is 0 Å². The molecule has 0 radical (unpaired) electrons. The molecule has 0 aliphatic rings. The monoisotopic (exact) mass is 273 g/mol. The van der Waals surface area contributed by atoms with Gasteiger partial charge in [0.1, 0.15) is 29.8 Å². The molecule has 0 N–H and O–H groups in total. The molecular weight excluding hydrogens is 266 g/mol. The molecule has 0 saturated carbocycles. The molecule has 6 nitrogen and oxygen atoms in total. The molecule has 0 atom stereocenters. The van der Waals surface area contributed by atoms with E-state index < -0.39 is 0 Å². The molecule has 0 aliphatic carbocycles. The first-order valence-corrected chi connectivity index (χ1v) is 5.79. The third-order valence-corrected chi connectivity index (χ3v) is 2.61. The Kier molecular flexibility index (Phi) is 3.07. The van der Waals surface area contributed by atoms with E-state index >= 15 is 0 Å². The van der Waals surface area contributed by atoms with Crippen LogP contribution in [0.1, 0.15) is 0 Å². The zero-order chi connectivity index (χ0) is 13.1.